The third-order valence-electron chi connectivity index (χ3n) is 4.05. The van der Waals surface area contributed by atoms with E-state index in [1.165, 1.54) is 5.56 Å². The lowest BCUT2D eigenvalue weighted by Gasteiger charge is -2.40. The summed E-state index contributed by atoms with van der Waals surface area (Å²) in [6.45, 7) is 7.81. The fourth-order valence-electron chi connectivity index (χ4n) is 2.77. The van der Waals surface area contributed by atoms with Gasteiger partial charge in [0.1, 0.15) is 11.7 Å². The van der Waals surface area contributed by atoms with Gasteiger partial charge in [0.2, 0.25) is 0 Å². The summed E-state index contributed by atoms with van der Waals surface area (Å²) in [4.78, 5) is 14.3. The predicted molar refractivity (Wildman–Crippen MR) is 102 cm³/mol. The second-order valence-electron chi connectivity index (χ2n) is 7.92. The Kier molecular flexibility index (Phi) is 6.88. The molecule has 0 spiro atoms. The maximum Gasteiger partial charge on any atom is 0.410 e. The predicted octanol–water partition coefficient (Wildman–Crippen LogP) is 2.52. The number of aryl methyl sites for hydroxylation is 1. The largest absolute Gasteiger partial charge is 0.444 e. The van der Waals surface area contributed by atoms with E-state index in [2.05, 4.69) is 0 Å². The molecule has 0 N–H and O–H groups in total. The molecule has 1 aromatic carbocycles. The summed E-state index contributed by atoms with van der Waals surface area (Å²) in [6.07, 6.45) is 0.648. The van der Waals surface area contributed by atoms with Crippen LogP contribution in [-0.2, 0) is 30.2 Å². The Morgan fingerprint density at radius 3 is 2.44 bits per heavy atom. The molecule has 2 atom stereocenters. The number of amides is 1. The van der Waals surface area contributed by atoms with E-state index < -0.39 is 27.9 Å². The quantitative estimate of drug-likeness (QED) is 0.708. The lowest BCUT2D eigenvalue weighted by Crippen LogP contribution is -2.55. The number of hydrogen-bond acceptors (Lipinski definition) is 6. The maximum atomic E-state index is 12.7. The van der Waals surface area contributed by atoms with Crippen LogP contribution in [0.2, 0.25) is 0 Å². The Bertz CT molecular complexity index is 738. The number of hydrogen-bond donors (Lipinski definition) is 0. The third kappa shape index (κ3) is 7.48. The van der Waals surface area contributed by atoms with Gasteiger partial charge in [0.15, 0.2) is 0 Å². The zero-order chi connectivity index (χ0) is 20.2. The van der Waals surface area contributed by atoms with Crippen molar-refractivity contribution < 1.29 is 26.9 Å². The monoisotopic (exact) mass is 399 g/mol. The highest BCUT2D eigenvalue weighted by molar-refractivity contribution is 7.85. The van der Waals surface area contributed by atoms with Crippen LogP contribution >= 0.6 is 0 Å². The number of nitrogens with zero attached hydrogens (tertiary/aromatic N) is 1. The van der Waals surface area contributed by atoms with Crippen molar-refractivity contribution in [2.45, 2.75) is 51.9 Å². The van der Waals surface area contributed by atoms with Crippen LogP contribution in [0.4, 0.5) is 4.79 Å². The molecule has 1 saturated heterocycles. The van der Waals surface area contributed by atoms with Gasteiger partial charge >= 0.3 is 6.09 Å². The fourth-order valence-corrected chi connectivity index (χ4v) is 3.17. The van der Waals surface area contributed by atoms with Crippen molar-refractivity contribution in [1.29, 1.82) is 0 Å². The summed E-state index contributed by atoms with van der Waals surface area (Å²) in [5.74, 6) is 0. The van der Waals surface area contributed by atoms with Crippen LogP contribution in [0.25, 0.3) is 0 Å². The molecule has 1 aromatic rings. The van der Waals surface area contributed by atoms with Gasteiger partial charge < -0.3 is 9.47 Å². The SMILES string of the molecule is Cc1ccc(C[C@H]2CO[C@@H](COS(C)(=O)=O)CN2C(=O)OC(C)(C)C)cc1. The van der Waals surface area contributed by atoms with Gasteiger partial charge in [0, 0.05) is 0 Å². The first-order chi connectivity index (χ1) is 12.4. The second-order valence-corrected chi connectivity index (χ2v) is 9.56. The third-order valence-corrected chi connectivity index (χ3v) is 4.62. The molecule has 8 heteroatoms. The summed E-state index contributed by atoms with van der Waals surface area (Å²) in [5.41, 5.74) is 1.64. The summed E-state index contributed by atoms with van der Waals surface area (Å²) in [5, 5.41) is 0. The Balaban J connectivity index is 2.11. The second kappa shape index (κ2) is 8.58. The first kappa shape index (κ1) is 21.7. The standard InChI is InChI=1S/C19H29NO6S/c1-14-6-8-15(9-7-14)10-16-12-24-17(13-25-27(5,22)23)11-20(16)18(21)26-19(2,3)4/h6-9,16-17H,10-13H2,1-5H3/t16-,17+/m0/s1. The van der Waals surface area contributed by atoms with Gasteiger partial charge in [0.05, 0.1) is 32.1 Å². The highest BCUT2D eigenvalue weighted by atomic mass is 32.2. The lowest BCUT2D eigenvalue weighted by molar-refractivity contribution is -0.0805. The molecular formula is C19H29NO6S. The van der Waals surface area contributed by atoms with Crippen molar-refractivity contribution in [1.82, 2.24) is 4.90 Å². The topological polar surface area (TPSA) is 82.1 Å². The molecule has 1 aliphatic rings. The van der Waals surface area contributed by atoms with Gasteiger partial charge in [-0.25, -0.2) is 4.79 Å². The van der Waals surface area contributed by atoms with Crippen molar-refractivity contribution in [2.75, 3.05) is 26.0 Å². The first-order valence-electron chi connectivity index (χ1n) is 8.94. The molecule has 0 unspecified atom stereocenters. The number of carbonyl (C=O) groups excluding carboxylic acids is 1. The van der Waals surface area contributed by atoms with E-state index in [1.54, 1.807) is 4.90 Å². The van der Waals surface area contributed by atoms with Gasteiger partial charge in [0.25, 0.3) is 10.1 Å². The van der Waals surface area contributed by atoms with Crippen molar-refractivity contribution in [3.63, 3.8) is 0 Å². The molecule has 1 aliphatic heterocycles. The minimum Gasteiger partial charge on any atom is -0.444 e. The van der Waals surface area contributed by atoms with Crippen LogP contribution in [0.1, 0.15) is 31.9 Å². The zero-order valence-corrected chi connectivity index (χ0v) is 17.4. The molecule has 152 valence electrons. The van der Waals surface area contributed by atoms with Crippen molar-refractivity contribution in [3.05, 3.63) is 35.4 Å². The highest BCUT2D eigenvalue weighted by Crippen LogP contribution is 2.21. The summed E-state index contributed by atoms with van der Waals surface area (Å²) >= 11 is 0. The maximum absolute atomic E-state index is 12.7. The van der Waals surface area contributed by atoms with E-state index in [9.17, 15) is 13.2 Å². The molecule has 1 amide bonds. The van der Waals surface area contributed by atoms with E-state index in [4.69, 9.17) is 13.7 Å². The van der Waals surface area contributed by atoms with Crippen molar-refractivity contribution >= 4 is 16.2 Å². The minimum absolute atomic E-state index is 0.130. The molecule has 27 heavy (non-hydrogen) atoms. The molecule has 2 rings (SSSR count). The van der Waals surface area contributed by atoms with E-state index in [0.717, 1.165) is 11.8 Å². The van der Waals surface area contributed by atoms with E-state index in [0.29, 0.717) is 6.42 Å². The van der Waals surface area contributed by atoms with Crippen LogP contribution in [0, 0.1) is 6.92 Å². The summed E-state index contributed by atoms with van der Waals surface area (Å²) < 4.78 is 38.6. The molecule has 0 aromatic heterocycles. The van der Waals surface area contributed by atoms with Gasteiger partial charge in [-0.2, -0.15) is 8.42 Å². The smallest absolute Gasteiger partial charge is 0.410 e. The van der Waals surface area contributed by atoms with Crippen LogP contribution in [-0.4, -0.2) is 63.2 Å². The Labute approximate surface area is 161 Å². The average molecular weight is 400 g/mol. The van der Waals surface area contributed by atoms with Gasteiger partial charge in [-0.05, 0) is 39.7 Å². The van der Waals surface area contributed by atoms with Gasteiger partial charge in [-0.15, -0.1) is 0 Å². The van der Waals surface area contributed by atoms with Gasteiger partial charge in [-0.3, -0.25) is 9.08 Å². The zero-order valence-electron chi connectivity index (χ0n) is 16.6. The van der Waals surface area contributed by atoms with Crippen LogP contribution in [0.15, 0.2) is 24.3 Å². The number of ether oxygens (including phenoxy) is 2. The normalized spacial score (nSPS) is 21.1. The first-order valence-corrected chi connectivity index (χ1v) is 10.8. The lowest BCUT2D eigenvalue weighted by atomic mass is 10.0. The summed E-state index contributed by atoms with van der Waals surface area (Å²) in [6, 6.07) is 7.92. The molecule has 0 aliphatic carbocycles. The highest BCUT2D eigenvalue weighted by Gasteiger charge is 2.35. The molecule has 7 nitrogen and oxygen atoms in total. The minimum atomic E-state index is -3.57. The molecule has 0 bridgehead atoms. The van der Waals surface area contributed by atoms with Crippen LogP contribution in [0.5, 0.6) is 0 Å². The Morgan fingerprint density at radius 2 is 1.89 bits per heavy atom. The number of morpholine rings is 1. The van der Waals surface area contributed by atoms with E-state index in [1.807, 2.05) is 52.0 Å². The van der Waals surface area contributed by atoms with Crippen molar-refractivity contribution in [3.8, 4) is 0 Å². The van der Waals surface area contributed by atoms with Crippen molar-refractivity contribution in [2.24, 2.45) is 0 Å². The molecular weight excluding hydrogens is 370 g/mol. The van der Waals surface area contributed by atoms with E-state index in [-0.39, 0.29) is 25.8 Å². The van der Waals surface area contributed by atoms with Gasteiger partial charge in [-0.1, -0.05) is 29.8 Å². The molecule has 0 radical (unpaired) electrons. The Hall–Kier alpha value is -1.64. The van der Waals surface area contributed by atoms with Crippen LogP contribution < -0.4 is 0 Å². The molecule has 1 heterocycles. The molecule has 0 saturated carbocycles. The van der Waals surface area contributed by atoms with E-state index >= 15 is 0 Å². The average Bonchev–Trinajstić information content (AvgIpc) is 2.53. The fraction of sp³-hybridized carbons (Fsp3) is 0.632. The number of rotatable bonds is 5. The number of carbonyl (C=O) groups is 1. The summed E-state index contributed by atoms with van der Waals surface area (Å²) in [7, 11) is -3.57. The van der Waals surface area contributed by atoms with Crippen LogP contribution in [0.3, 0.4) is 0 Å². The molecule has 1 fully saturated rings. The Morgan fingerprint density at radius 1 is 1.26 bits per heavy atom. The number of benzene rings is 1.